The fourth-order valence-electron chi connectivity index (χ4n) is 2.36. The first-order chi connectivity index (χ1) is 11.7. The molecule has 1 N–H and O–H groups in total. The molecule has 0 aliphatic rings. The molecule has 124 valence electrons. The molecule has 24 heavy (non-hydrogen) atoms. The lowest BCUT2D eigenvalue weighted by Crippen LogP contribution is -2.22. The van der Waals surface area contributed by atoms with Gasteiger partial charge in [-0.2, -0.15) is 0 Å². The molecule has 0 aliphatic heterocycles. The van der Waals surface area contributed by atoms with E-state index in [1.54, 1.807) is 29.9 Å². The molecule has 7 heteroatoms. The van der Waals surface area contributed by atoms with Crippen molar-refractivity contribution in [2.45, 2.75) is 32.9 Å². The Morgan fingerprint density at radius 2 is 2.12 bits per heavy atom. The first-order valence-corrected chi connectivity index (χ1v) is 8.69. The topological polar surface area (TPSA) is 72.7 Å². The second kappa shape index (κ2) is 7.83. The van der Waals surface area contributed by atoms with Crippen LogP contribution in [0.1, 0.15) is 23.7 Å². The molecule has 0 atom stereocenters. The number of thiazole rings is 1. The summed E-state index contributed by atoms with van der Waals surface area (Å²) in [5, 5.41) is 5.83. The van der Waals surface area contributed by atoms with Gasteiger partial charge >= 0.3 is 0 Å². The molecule has 0 bridgehead atoms. The van der Waals surface area contributed by atoms with Crippen LogP contribution in [0.5, 0.6) is 0 Å². The number of hydrogen-bond acceptors (Lipinski definition) is 5. The molecule has 0 fully saturated rings. The van der Waals surface area contributed by atoms with Crippen molar-refractivity contribution in [1.82, 2.24) is 24.8 Å². The standard InChI is InChI=1S/C17H19N5OS/c1-13-19-8-10-22(13)9-2-3-16(23)20-11-17-21-15(12-24-17)14-4-6-18-7-5-14/h4-8,10,12H,2-3,9,11H2,1H3,(H,20,23). The third-order valence-electron chi connectivity index (χ3n) is 3.69. The van der Waals surface area contributed by atoms with Crippen LogP contribution in [-0.4, -0.2) is 25.4 Å². The highest BCUT2D eigenvalue weighted by atomic mass is 32.1. The average molecular weight is 341 g/mol. The molecular formula is C17H19N5OS. The smallest absolute Gasteiger partial charge is 0.220 e. The van der Waals surface area contributed by atoms with Crippen molar-refractivity contribution < 1.29 is 4.79 Å². The summed E-state index contributed by atoms with van der Waals surface area (Å²) in [4.78, 5) is 24.7. The van der Waals surface area contributed by atoms with Gasteiger partial charge < -0.3 is 9.88 Å². The van der Waals surface area contributed by atoms with Crippen molar-refractivity contribution in [3.63, 3.8) is 0 Å². The number of amides is 1. The van der Waals surface area contributed by atoms with Gasteiger partial charge in [0.2, 0.25) is 5.91 Å². The summed E-state index contributed by atoms with van der Waals surface area (Å²) in [6, 6.07) is 3.85. The van der Waals surface area contributed by atoms with E-state index in [9.17, 15) is 4.79 Å². The Morgan fingerprint density at radius 3 is 2.88 bits per heavy atom. The lowest BCUT2D eigenvalue weighted by molar-refractivity contribution is -0.121. The van der Waals surface area contributed by atoms with Gasteiger partial charge in [0.1, 0.15) is 10.8 Å². The third-order valence-corrected chi connectivity index (χ3v) is 4.54. The van der Waals surface area contributed by atoms with Crippen LogP contribution >= 0.6 is 11.3 Å². The fourth-order valence-corrected chi connectivity index (χ4v) is 3.10. The summed E-state index contributed by atoms with van der Waals surface area (Å²) < 4.78 is 2.05. The first-order valence-electron chi connectivity index (χ1n) is 7.81. The summed E-state index contributed by atoms with van der Waals surface area (Å²) in [5.74, 6) is 1.02. The largest absolute Gasteiger partial charge is 0.350 e. The molecule has 1 amide bonds. The van der Waals surface area contributed by atoms with E-state index in [2.05, 4.69) is 24.8 Å². The van der Waals surface area contributed by atoms with Crippen LogP contribution in [0.15, 0.2) is 42.3 Å². The third kappa shape index (κ3) is 4.26. The lowest BCUT2D eigenvalue weighted by Gasteiger charge is -2.05. The first kappa shape index (κ1) is 16.3. The van der Waals surface area contributed by atoms with Gasteiger partial charge in [-0.1, -0.05) is 0 Å². The van der Waals surface area contributed by atoms with E-state index in [1.807, 2.05) is 30.6 Å². The Kier molecular flexibility index (Phi) is 5.32. The van der Waals surface area contributed by atoms with Gasteiger partial charge in [0, 0.05) is 48.7 Å². The zero-order valence-electron chi connectivity index (χ0n) is 13.5. The number of nitrogens with zero attached hydrogens (tertiary/aromatic N) is 4. The van der Waals surface area contributed by atoms with E-state index in [0.717, 1.165) is 35.1 Å². The quantitative estimate of drug-likeness (QED) is 0.717. The van der Waals surface area contributed by atoms with Crippen LogP contribution < -0.4 is 5.32 Å². The van der Waals surface area contributed by atoms with E-state index in [0.29, 0.717) is 13.0 Å². The predicted octanol–water partition coefficient (Wildman–Crippen LogP) is 2.81. The minimum atomic E-state index is 0.0495. The lowest BCUT2D eigenvalue weighted by atomic mass is 10.2. The number of nitrogens with one attached hydrogen (secondary N) is 1. The molecule has 6 nitrogen and oxygen atoms in total. The maximum absolute atomic E-state index is 11.9. The van der Waals surface area contributed by atoms with Crippen LogP contribution in [-0.2, 0) is 17.9 Å². The molecule has 0 radical (unpaired) electrons. The van der Waals surface area contributed by atoms with Gasteiger partial charge in [0.05, 0.1) is 12.2 Å². The number of imidazole rings is 1. The Hall–Kier alpha value is -2.54. The molecule has 3 aromatic heterocycles. The van der Waals surface area contributed by atoms with Gasteiger partial charge in [-0.05, 0) is 25.5 Å². The Labute approximate surface area is 144 Å². The minimum Gasteiger partial charge on any atom is -0.350 e. The molecule has 0 saturated carbocycles. The fraction of sp³-hybridized carbons (Fsp3) is 0.294. The highest BCUT2D eigenvalue weighted by Gasteiger charge is 2.07. The van der Waals surface area contributed by atoms with Crippen molar-refractivity contribution in [3.8, 4) is 11.3 Å². The van der Waals surface area contributed by atoms with Crippen LogP contribution in [0.25, 0.3) is 11.3 Å². The molecule has 0 aliphatic carbocycles. The second-order valence-electron chi connectivity index (χ2n) is 5.41. The van der Waals surface area contributed by atoms with Crippen molar-refractivity contribution >= 4 is 17.2 Å². The Bertz CT molecular complexity index is 796. The normalized spacial score (nSPS) is 10.7. The molecule has 0 unspecified atom stereocenters. The molecule has 0 spiro atoms. The molecular weight excluding hydrogens is 322 g/mol. The number of hydrogen-bond donors (Lipinski definition) is 1. The Morgan fingerprint density at radius 1 is 1.29 bits per heavy atom. The minimum absolute atomic E-state index is 0.0495. The van der Waals surface area contributed by atoms with Gasteiger partial charge in [-0.3, -0.25) is 9.78 Å². The zero-order chi connectivity index (χ0) is 16.8. The SMILES string of the molecule is Cc1nccn1CCCC(=O)NCc1nc(-c2ccncc2)cs1. The molecule has 3 heterocycles. The van der Waals surface area contributed by atoms with Crippen LogP contribution in [0.2, 0.25) is 0 Å². The van der Waals surface area contributed by atoms with Crippen molar-refractivity contribution in [2.75, 3.05) is 0 Å². The second-order valence-corrected chi connectivity index (χ2v) is 6.35. The van der Waals surface area contributed by atoms with Crippen LogP contribution in [0.3, 0.4) is 0 Å². The van der Waals surface area contributed by atoms with E-state index >= 15 is 0 Å². The van der Waals surface area contributed by atoms with Gasteiger partial charge in [-0.15, -0.1) is 11.3 Å². The number of aromatic nitrogens is 4. The maximum Gasteiger partial charge on any atom is 0.220 e. The summed E-state index contributed by atoms with van der Waals surface area (Å²) >= 11 is 1.55. The molecule has 3 rings (SSSR count). The summed E-state index contributed by atoms with van der Waals surface area (Å²) in [6.45, 7) is 3.24. The van der Waals surface area contributed by atoms with Crippen molar-refractivity contribution in [3.05, 3.63) is 53.1 Å². The van der Waals surface area contributed by atoms with Gasteiger partial charge in [0.15, 0.2) is 0 Å². The van der Waals surface area contributed by atoms with Gasteiger partial charge in [-0.25, -0.2) is 9.97 Å². The molecule has 0 aromatic carbocycles. The van der Waals surface area contributed by atoms with E-state index in [-0.39, 0.29) is 5.91 Å². The van der Waals surface area contributed by atoms with Crippen LogP contribution in [0, 0.1) is 6.92 Å². The van der Waals surface area contributed by atoms with Crippen molar-refractivity contribution in [1.29, 1.82) is 0 Å². The molecule has 3 aromatic rings. The number of carbonyl (C=O) groups is 1. The van der Waals surface area contributed by atoms with Gasteiger partial charge in [0.25, 0.3) is 0 Å². The zero-order valence-corrected chi connectivity index (χ0v) is 14.3. The predicted molar refractivity (Wildman–Crippen MR) is 93.4 cm³/mol. The number of aryl methyl sites for hydroxylation is 2. The highest BCUT2D eigenvalue weighted by molar-refractivity contribution is 7.09. The van der Waals surface area contributed by atoms with E-state index in [4.69, 9.17) is 0 Å². The summed E-state index contributed by atoms with van der Waals surface area (Å²) in [7, 11) is 0. The van der Waals surface area contributed by atoms with E-state index in [1.165, 1.54) is 0 Å². The van der Waals surface area contributed by atoms with Crippen LogP contribution in [0.4, 0.5) is 0 Å². The number of pyridine rings is 1. The maximum atomic E-state index is 11.9. The van der Waals surface area contributed by atoms with E-state index < -0.39 is 0 Å². The molecule has 0 saturated heterocycles. The highest BCUT2D eigenvalue weighted by Crippen LogP contribution is 2.20. The summed E-state index contributed by atoms with van der Waals surface area (Å²) in [6.07, 6.45) is 8.50. The van der Waals surface area contributed by atoms with Crippen molar-refractivity contribution in [2.24, 2.45) is 0 Å². The monoisotopic (exact) mass is 341 g/mol. The average Bonchev–Trinajstić information content (AvgIpc) is 3.23. The number of carbonyl (C=O) groups excluding carboxylic acids is 1. The summed E-state index contributed by atoms with van der Waals surface area (Å²) in [5.41, 5.74) is 1.96. The Balaban J connectivity index is 1.43. The number of rotatable bonds is 7.